The molecule has 1 aromatic rings. The highest BCUT2D eigenvalue weighted by Gasteiger charge is 2.29. The van der Waals surface area contributed by atoms with Crippen molar-refractivity contribution in [1.82, 2.24) is 9.29 Å². The maximum atomic E-state index is 12.2. The molecular formula is C9H15ClN2O3S2. The largest absolute Gasteiger partial charge is 0.389 e. The van der Waals surface area contributed by atoms with Crippen molar-refractivity contribution in [1.29, 1.82) is 0 Å². The maximum absolute atomic E-state index is 12.2. The molecule has 0 aliphatic heterocycles. The van der Waals surface area contributed by atoms with Crippen molar-refractivity contribution in [3.63, 3.8) is 0 Å². The number of nitrogens with zero attached hydrogens (tertiary/aromatic N) is 2. The zero-order valence-corrected chi connectivity index (χ0v) is 12.2. The van der Waals surface area contributed by atoms with E-state index in [9.17, 15) is 13.5 Å². The Morgan fingerprint density at radius 3 is 2.53 bits per heavy atom. The summed E-state index contributed by atoms with van der Waals surface area (Å²) in [6.45, 7) is 5.14. The zero-order chi connectivity index (χ0) is 13.3. The molecule has 0 aliphatic carbocycles. The molecule has 0 unspecified atom stereocenters. The average molecular weight is 299 g/mol. The SMILES string of the molecule is CCN(CC(C)(C)O)S(=O)(=O)c1cnc(Cl)s1. The van der Waals surface area contributed by atoms with E-state index in [1.807, 2.05) is 0 Å². The molecule has 0 spiro atoms. The van der Waals surface area contributed by atoms with Crippen LogP contribution < -0.4 is 0 Å². The Bertz CT molecular complexity index is 479. The average Bonchev–Trinajstić information content (AvgIpc) is 2.60. The number of aromatic nitrogens is 1. The van der Waals surface area contributed by atoms with Crippen LogP contribution in [0.15, 0.2) is 10.4 Å². The summed E-state index contributed by atoms with van der Waals surface area (Å²) in [5.74, 6) is 0. The van der Waals surface area contributed by atoms with Crippen LogP contribution in [0.5, 0.6) is 0 Å². The van der Waals surface area contributed by atoms with Gasteiger partial charge in [0.05, 0.1) is 11.8 Å². The quantitative estimate of drug-likeness (QED) is 0.896. The lowest BCUT2D eigenvalue weighted by Crippen LogP contribution is -2.41. The third-order valence-corrected chi connectivity index (χ3v) is 5.44. The van der Waals surface area contributed by atoms with Crippen LogP contribution in [-0.2, 0) is 10.0 Å². The fraction of sp³-hybridized carbons (Fsp3) is 0.667. The van der Waals surface area contributed by atoms with Gasteiger partial charge in [0.15, 0.2) is 8.68 Å². The molecule has 1 heterocycles. The predicted octanol–water partition coefficient (Wildman–Crippen LogP) is 1.58. The van der Waals surface area contributed by atoms with E-state index in [1.165, 1.54) is 10.5 Å². The Hall–Kier alpha value is -0.210. The van der Waals surface area contributed by atoms with Gasteiger partial charge in [-0.25, -0.2) is 13.4 Å². The van der Waals surface area contributed by atoms with E-state index >= 15 is 0 Å². The number of likely N-dealkylation sites (N-methyl/N-ethyl adjacent to an activating group) is 1. The van der Waals surface area contributed by atoms with Crippen LogP contribution in [0.2, 0.25) is 4.47 Å². The number of hydrogen-bond donors (Lipinski definition) is 1. The first-order valence-electron chi connectivity index (χ1n) is 5.00. The third kappa shape index (κ3) is 3.89. The second-order valence-corrected chi connectivity index (χ2v) is 7.95. The van der Waals surface area contributed by atoms with Crippen LogP contribution in [-0.4, -0.2) is 41.5 Å². The van der Waals surface area contributed by atoms with Crippen molar-refractivity contribution in [2.75, 3.05) is 13.1 Å². The number of thiazole rings is 1. The Balaban J connectivity index is 3.03. The molecule has 0 aliphatic rings. The summed E-state index contributed by atoms with van der Waals surface area (Å²) in [5.41, 5.74) is -1.09. The van der Waals surface area contributed by atoms with Gasteiger partial charge in [-0.15, -0.1) is 0 Å². The topological polar surface area (TPSA) is 70.5 Å². The van der Waals surface area contributed by atoms with Crippen LogP contribution in [0, 0.1) is 0 Å². The van der Waals surface area contributed by atoms with Crippen LogP contribution in [0.25, 0.3) is 0 Å². The molecule has 0 saturated heterocycles. The van der Waals surface area contributed by atoms with Crippen LogP contribution >= 0.6 is 22.9 Å². The standard InChI is InChI=1S/C9H15ClN2O3S2/c1-4-12(6-9(2,3)13)17(14,15)7-5-11-8(10)16-7/h5,13H,4,6H2,1-3H3. The van der Waals surface area contributed by atoms with Crippen molar-refractivity contribution in [2.24, 2.45) is 0 Å². The Kier molecular flexibility index (Phi) is 4.54. The van der Waals surface area contributed by atoms with E-state index in [0.717, 1.165) is 11.3 Å². The molecule has 1 aromatic heterocycles. The second-order valence-electron chi connectivity index (χ2n) is 4.18. The van der Waals surface area contributed by atoms with E-state index in [2.05, 4.69) is 4.98 Å². The molecule has 8 heteroatoms. The lowest BCUT2D eigenvalue weighted by Gasteiger charge is -2.26. The Labute approximate surface area is 110 Å². The molecule has 1 rings (SSSR count). The second kappa shape index (κ2) is 5.19. The fourth-order valence-electron chi connectivity index (χ4n) is 1.28. The summed E-state index contributed by atoms with van der Waals surface area (Å²) >= 11 is 6.53. The molecule has 5 nitrogen and oxygen atoms in total. The lowest BCUT2D eigenvalue weighted by molar-refractivity contribution is 0.0602. The number of aliphatic hydroxyl groups is 1. The molecule has 0 fully saturated rings. The molecular weight excluding hydrogens is 284 g/mol. The van der Waals surface area contributed by atoms with Crippen LogP contribution in [0.1, 0.15) is 20.8 Å². The normalized spacial score (nSPS) is 13.3. The minimum atomic E-state index is -3.62. The van der Waals surface area contributed by atoms with E-state index in [-0.39, 0.29) is 21.8 Å². The van der Waals surface area contributed by atoms with Gasteiger partial charge in [-0.3, -0.25) is 0 Å². The van der Waals surface area contributed by atoms with Crippen molar-refractivity contribution < 1.29 is 13.5 Å². The summed E-state index contributed by atoms with van der Waals surface area (Å²) in [7, 11) is -3.62. The van der Waals surface area contributed by atoms with Gasteiger partial charge >= 0.3 is 0 Å². The fourth-order valence-corrected chi connectivity index (χ4v) is 4.34. The number of halogens is 1. The molecule has 0 aromatic carbocycles. The van der Waals surface area contributed by atoms with Gasteiger partial charge in [-0.05, 0) is 13.8 Å². The molecule has 0 radical (unpaired) electrons. The monoisotopic (exact) mass is 298 g/mol. The highest BCUT2D eigenvalue weighted by molar-refractivity contribution is 7.91. The number of sulfonamides is 1. The lowest BCUT2D eigenvalue weighted by atomic mass is 10.1. The first-order valence-corrected chi connectivity index (χ1v) is 7.64. The Morgan fingerprint density at radius 1 is 1.59 bits per heavy atom. The van der Waals surface area contributed by atoms with Crippen molar-refractivity contribution in [2.45, 2.75) is 30.6 Å². The van der Waals surface area contributed by atoms with E-state index in [0.29, 0.717) is 0 Å². The van der Waals surface area contributed by atoms with Gasteiger partial charge in [0.2, 0.25) is 0 Å². The summed E-state index contributed by atoms with van der Waals surface area (Å²) in [6, 6.07) is 0. The maximum Gasteiger partial charge on any atom is 0.254 e. The van der Waals surface area contributed by atoms with Gasteiger partial charge < -0.3 is 5.11 Å². The molecule has 0 bridgehead atoms. The Morgan fingerprint density at radius 2 is 2.18 bits per heavy atom. The van der Waals surface area contributed by atoms with Gasteiger partial charge in [-0.2, -0.15) is 4.31 Å². The molecule has 0 saturated carbocycles. The molecule has 0 atom stereocenters. The first kappa shape index (κ1) is 14.8. The summed E-state index contributed by atoms with van der Waals surface area (Å²) in [5, 5.41) is 9.69. The van der Waals surface area contributed by atoms with E-state index in [4.69, 9.17) is 11.6 Å². The molecule has 17 heavy (non-hydrogen) atoms. The van der Waals surface area contributed by atoms with Crippen molar-refractivity contribution in [3.8, 4) is 0 Å². The van der Waals surface area contributed by atoms with E-state index < -0.39 is 15.6 Å². The summed E-state index contributed by atoms with van der Waals surface area (Å²) in [6.07, 6.45) is 1.23. The highest BCUT2D eigenvalue weighted by Crippen LogP contribution is 2.26. The first-order chi connectivity index (χ1) is 7.66. The number of rotatable bonds is 5. The third-order valence-electron chi connectivity index (χ3n) is 1.97. The summed E-state index contributed by atoms with van der Waals surface area (Å²) < 4.78 is 25.8. The molecule has 98 valence electrons. The van der Waals surface area contributed by atoms with Crippen LogP contribution in [0.4, 0.5) is 0 Å². The minimum absolute atomic E-state index is 0.0291. The van der Waals surface area contributed by atoms with Crippen molar-refractivity contribution >= 4 is 33.0 Å². The highest BCUT2D eigenvalue weighted by atomic mass is 35.5. The van der Waals surface area contributed by atoms with Crippen molar-refractivity contribution in [3.05, 3.63) is 10.7 Å². The molecule has 1 N–H and O–H groups in total. The summed E-state index contributed by atoms with van der Waals surface area (Å²) in [4.78, 5) is 3.71. The number of hydrogen-bond acceptors (Lipinski definition) is 5. The van der Waals surface area contributed by atoms with Gasteiger partial charge in [0.25, 0.3) is 10.0 Å². The minimum Gasteiger partial charge on any atom is -0.389 e. The van der Waals surface area contributed by atoms with Gasteiger partial charge in [0.1, 0.15) is 0 Å². The van der Waals surface area contributed by atoms with Crippen LogP contribution in [0.3, 0.4) is 0 Å². The molecule has 0 amide bonds. The zero-order valence-electron chi connectivity index (χ0n) is 9.84. The smallest absolute Gasteiger partial charge is 0.254 e. The van der Waals surface area contributed by atoms with Gasteiger partial charge in [-0.1, -0.05) is 29.9 Å². The van der Waals surface area contributed by atoms with E-state index in [1.54, 1.807) is 20.8 Å². The van der Waals surface area contributed by atoms with Gasteiger partial charge in [0, 0.05) is 13.1 Å². The predicted molar refractivity (Wildman–Crippen MR) is 67.9 cm³/mol.